The van der Waals surface area contributed by atoms with Crippen LogP contribution in [0.5, 0.6) is 0 Å². The van der Waals surface area contributed by atoms with Gasteiger partial charge in [0.2, 0.25) is 0 Å². The third-order valence-corrected chi connectivity index (χ3v) is 17.0. The third kappa shape index (κ3) is 6.26. The molecule has 0 saturated carbocycles. The fourth-order valence-corrected chi connectivity index (χ4v) is 14.2. The zero-order valence-corrected chi connectivity index (χ0v) is 34.5. The predicted molar refractivity (Wildman–Crippen MR) is 260 cm³/mol. The first-order chi connectivity index (χ1) is 30.3. The molecule has 0 unspecified atom stereocenters. The van der Waals surface area contributed by atoms with Crippen LogP contribution in [0.2, 0.25) is 0 Å². The zero-order chi connectivity index (χ0) is 40.6. The molecule has 0 atom stereocenters. The molecule has 11 aromatic rings. The summed E-state index contributed by atoms with van der Waals surface area (Å²) in [7, 11) is -2.65. The van der Waals surface area contributed by atoms with E-state index >= 15 is 0 Å². The number of anilines is 3. The molecule has 0 amide bonds. The fourth-order valence-electron chi connectivity index (χ4n) is 9.44. The molecule has 1 heterocycles. The summed E-state index contributed by atoms with van der Waals surface area (Å²) in [6.07, 6.45) is 0. The van der Waals surface area contributed by atoms with Crippen molar-refractivity contribution in [1.29, 1.82) is 0 Å². The van der Waals surface area contributed by atoms with Crippen LogP contribution in [0.3, 0.4) is 0 Å². The van der Waals surface area contributed by atoms with E-state index in [1.54, 1.807) is 0 Å². The van der Waals surface area contributed by atoms with Crippen molar-refractivity contribution in [2.75, 3.05) is 4.90 Å². The summed E-state index contributed by atoms with van der Waals surface area (Å²) >= 11 is 0. The van der Waals surface area contributed by atoms with Gasteiger partial charge in [-0.25, -0.2) is 0 Å². The molecular formula is C58H41NOSi. The van der Waals surface area contributed by atoms with Crippen LogP contribution in [0.25, 0.3) is 55.0 Å². The van der Waals surface area contributed by atoms with Crippen LogP contribution in [0.4, 0.5) is 17.1 Å². The lowest BCUT2D eigenvalue weighted by molar-refractivity contribution is 0.669. The average molecular weight is 796 g/mol. The highest BCUT2D eigenvalue weighted by Crippen LogP contribution is 2.46. The lowest BCUT2D eigenvalue weighted by Gasteiger charge is -2.34. The van der Waals surface area contributed by atoms with E-state index in [-0.39, 0.29) is 0 Å². The SMILES string of the molecule is c1ccc(-c2ccc(N(c3ccc(-c4ccc([Si](c5ccccc5)(c5ccccc5)c5ccccc5)cc4)c4ccccc34)c3cccc4c3oc3ccccc34)cc2)cc1. The number of fused-ring (bicyclic) bond motifs is 4. The maximum Gasteiger partial charge on any atom is 0.179 e. The van der Waals surface area contributed by atoms with Crippen molar-refractivity contribution >= 4 is 78.6 Å². The third-order valence-electron chi connectivity index (χ3n) is 12.2. The molecule has 0 N–H and O–H groups in total. The van der Waals surface area contributed by atoms with Crippen LogP contribution in [0.15, 0.2) is 253 Å². The van der Waals surface area contributed by atoms with Gasteiger partial charge in [-0.15, -0.1) is 0 Å². The van der Waals surface area contributed by atoms with E-state index in [1.165, 1.54) is 48.4 Å². The van der Waals surface area contributed by atoms with E-state index in [0.717, 1.165) is 44.4 Å². The van der Waals surface area contributed by atoms with Gasteiger partial charge >= 0.3 is 0 Å². The van der Waals surface area contributed by atoms with E-state index in [9.17, 15) is 0 Å². The summed E-state index contributed by atoms with van der Waals surface area (Å²) in [5.74, 6) is 0. The summed E-state index contributed by atoms with van der Waals surface area (Å²) in [6, 6.07) is 90.5. The van der Waals surface area contributed by atoms with Gasteiger partial charge < -0.3 is 9.32 Å². The molecule has 0 saturated heterocycles. The van der Waals surface area contributed by atoms with Gasteiger partial charge in [-0.3, -0.25) is 0 Å². The molecule has 3 heteroatoms. The molecular weight excluding hydrogens is 755 g/mol. The molecule has 0 radical (unpaired) electrons. The molecule has 11 rings (SSSR count). The van der Waals surface area contributed by atoms with Crippen molar-refractivity contribution in [2.24, 2.45) is 0 Å². The Labute approximate surface area is 357 Å². The van der Waals surface area contributed by atoms with E-state index in [0.29, 0.717) is 0 Å². The van der Waals surface area contributed by atoms with Gasteiger partial charge in [0.05, 0.1) is 11.4 Å². The van der Waals surface area contributed by atoms with Gasteiger partial charge in [0.25, 0.3) is 0 Å². The van der Waals surface area contributed by atoms with Gasteiger partial charge in [-0.1, -0.05) is 218 Å². The number of hydrogen-bond donors (Lipinski definition) is 0. The number of hydrogen-bond acceptors (Lipinski definition) is 2. The highest BCUT2D eigenvalue weighted by Gasteiger charge is 2.41. The standard InChI is InChI=1S/C58H41NOSi/c1-5-18-42(19-6-1)43-32-36-45(37-33-43)59(56-30-17-29-54-53-28-15-16-31-57(53)60-58(54)56)55-41-40-50(51-26-13-14-27-52(51)55)44-34-38-49(39-35-44)61(46-20-7-2-8-21-46,47-22-9-3-10-23-47)48-24-11-4-12-25-48/h1-41H. The molecule has 0 aliphatic rings. The molecule has 288 valence electrons. The molecule has 0 aliphatic heterocycles. The normalized spacial score (nSPS) is 11.6. The molecule has 1 aromatic heterocycles. The number of furan rings is 1. The monoisotopic (exact) mass is 795 g/mol. The van der Waals surface area contributed by atoms with Gasteiger partial charge in [-0.2, -0.15) is 0 Å². The summed E-state index contributed by atoms with van der Waals surface area (Å²) in [4.78, 5) is 2.37. The fraction of sp³-hybridized carbons (Fsp3) is 0. The van der Waals surface area contributed by atoms with Crippen LogP contribution in [-0.4, -0.2) is 8.07 Å². The van der Waals surface area contributed by atoms with E-state index in [1.807, 2.05) is 6.07 Å². The minimum atomic E-state index is -2.65. The lowest BCUT2D eigenvalue weighted by Crippen LogP contribution is -2.74. The summed E-state index contributed by atoms with van der Waals surface area (Å²) in [5, 5.41) is 10.0. The van der Waals surface area contributed by atoms with Crippen LogP contribution < -0.4 is 25.6 Å². The Kier molecular flexibility index (Phi) is 9.22. The Bertz CT molecular complexity index is 3170. The molecule has 0 spiro atoms. The average Bonchev–Trinajstić information content (AvgIpc) is 3.73. The topological polar surface area (TPSA) is 16.4 Å². The van der Waals surface area contributed by atoms with E-state index in [2.05, 4.69) is 248 Å². The van der Waals surface area contributed by atoms with Gasteiger partial charge in [0.15, 0.2) is 13.7 Å². The van der Waals surface area contributed by atoms with Crippen molar-refractivity contribution < 1.29 is 4.42 Å². The Hall–Kier alpha value is -7.72. The van der Waals surface area contributed by atoms with Crippen LogP contribution in [-0.2, 0) is 0 Å². The van der Waals surface area contributed by atoms with Crippen LogP contribution >= 0.6 is 0 Å². The first-order valence-electron chi connectivity index (χ1n) is 20.9. The summed E-state index contributed by atoms with van der Waals surface area (Å²) in [5.41, 5.74) is 9.62. The largest absolute Gasteiger partial charge is 0.454 e. The van der Waals surface area contributed by atoms with Crippen molar-refractivity contribution in [3.05, 3.63) is 249 Å². The first kappa shape index (κ1) is 36.4. The van der Waals surface area contributed by atoms with E-state index in [4.69, 9.17) is 4.42 Å². The van der Waals surface area contributed by atoms with E-state index < -0.39 is 8.07 Å². The molecule has 0 fully saturated rings. The zero-order valence-electron chi connectivity index (χ0n) is 33.5. The molecule has 10 aromatic carbocycles. The maximum absolute atomic E-state index is 6.70. The molecule has 0 bridgehead atoms. The number of nitrogens with zero attached hydrogens (tertiary/aromatic N) is 1. The summed E-state index contributed by atoms with van der Waals surface area (Å²) < 4.78 is 6.70. The molecule has 2 nitrogen and oxygen atoms in total. The second-order valence-electron chi connectivity index (χ2n) is 15.6. The Balaban J connectivity index is 1.08. The minimum absolute atomic E-state index is 0.863. The Morgan fingerprint density at radius 3 is 1.39 bits per heavy atom. The molecule has 0 aliphatic carbocycles. The Morgan fingerprint density at radius 2 is 0.770 bits per heavy atom. The van der Waals surface area contributed by atoms with Crippen molar-refractivity contribution in [3.63, 3.8) is 0 Å². The lowest BCUT2D eigenvalue weighted by atomic mass is 9.96. The second-order valence-corrected chi connectivity index (χ2v) is 19.4. The number of rotatable bonds is 9. The van der Waals surface area contributed by atoms with Gasteiger partial charge in [-0.05, 0) is 78.7 Å². The minimum Gasteiger partial charge on any atom is -0.454 e. The molecule has 61 heavy (non-hydrogen) atoms. The highest BCUT2D eigenvalue weighted by molar-refractivity contribution is 7.19. The van der Waals surface area contributed by atoms with Gasteiger partial charge in [0.1, 0.15) is 5.58 Å². The predicted octanol–water partition coefficient (Wildman–Crippen LogP) is 12.9. The number of para-hydroxylation sites is 2. The highest BCUT2D eigenvalue weighted by atomic mass is 28.3. The van der Waals surface area contributed by atoms with Crippen molar-refractivity contribution in [2.45, 2.75) is 0 Å². The second kappa shape index (κ2) is 15.5. The van der Waals surface area contributed by atoms with Crippen LogP contribution in [0.1, 0.15) is 0 Å². The van der Waals surface area contributed by atoms with Crippen molar-refractivity contribution in [1.82, 2.24) is 0 Å². The van der Waals surface area contributed by atoms with Crippen molar-refractivity contribution in [3.8, 4) is 22.3 Å². The smallest absolute Gasteiger partial charge is 0.179 e. The maximum atomic E-state index is 6.70. The first-order valence-corrected chi connectivity index (χ1v) is 22.9. The Morgan fingerprint density at radius 1 is 0.295 bits per heavy atom. The number of benzene rings is 10. The summed E-state index contributed by atoms with van der Waals surface area (Å²) in [6.45, 7) is 0. The van der Waals surface area contributed by atoms with Gasteiger partial charge in [0, 0.05) is 21.8 Å². The van der Waals surface area contributed by atoms with Crippen LogP contribution in [0, 0.1) is 0 Å². The quantitative estimate of drug-likeness (QED) is 0.107.